The van der Waals surface area contributed by atoms with Crippen molar-refractivity contribution in [1.82, 2.24) is 9.88 Å². The minimum absolute atomic E-state index is 0.0827. The second-order valence-corrected chi connectivity index (χ2v) is 5.73. The number of nitrogens with one attached hydrogen (secondary N) is 1. The van der Waals surface area contributed by atoms with E-state index in [-0.39, 0.29) is 5.91 Å². The van der Waals surface area contributed by atoms with E-state index in [1.807, 2.05) is 35.0 Å². The summed E-state index contributed by atoms with van der Waals surface area (Å²) in [5.41, 5.74) is 1.05. The smallest absolute Gasteiger partial charge is 0.239 e. The zero-order chi connectivity index (χ0) is 14.7. The van der Waals surface area contributed by atoms with Crippen molar-refractivity contribution in [1.29, 1.82) is 0 Å². The van der Waals surface area contributed by atoms with Gasteiger partial charge in [0.1, 0.15) is 12.3 Å². The Morgan fingerprint density at radius 3 is 3.00 bits per heavy atom. The third kappa shape index (κ3) is 3.38. The molecule has 1 amide bonds. The number of hydrogen-bond donors (Lipinski definition) is 1. The van der Waals surface area contributed by atoms with Crippen molar-refractivity contribution in [2.24, 2.45) is 5.92 Å². The molecular formula is C17H22N2O2. The van der Waals surface area contributed by atoms with Gasteiger partial charge < -0.3 is 14.6 Å². The number of fused-ring (bicyclic) bond motifs is 1. The Morgan fingerprint density at radius 2 is 2.24 bits per heavy atom. The van der Waals surface area contributed by atoms with E-state index in [2.05, 4.69) is 12.2 Å². The molecule has 21 heavy (non-hydrogen) atoms. The predicted molar refractivity (Wildman–Crippen MR) is 83.5 cm³/mol. The minimum Gasteiger partial charge on any atom is -0.493 e. The lowest BCUT2D eigenvalue weighted by molar-refractivity contribution is -0.121. The normalized spacial score (nSPS) is 14.3. The van der Waals surface area contributed by atoms with Crippen LogP contribution in [0, 0.1) is 5.92 Å². The van der Waals surface area contributed by atoms with Crippen molar-refractivity contribution in [2.45, 2.75) is 32.7 Å². The standard InChI is InChI=1S/C17H22N2O2/c1-2-10-21-16-5-3-4-15-14(16)8-9-19(15)12-17(20)18-11-13-6-7-13/h3-5,8-9,13H,2,6-7,10-12H2,1H3,(H,18,20). The first-order chi connectivity index (χ1) is 10.3. The first-order valence-corrected chi connectivity index (χ1v) is 7.75. The molecule has 1 saturated carbocycles. The van der Waals surface area contributed by atoms with E-state index >= 15 is 0 Å². The molecule has 1 N–H and O–H groups in total. The van der Waals surface area contributed by atoms with Gasteiger partial charge in [-0.1, -0.05) is 13.0 Å². The molecule has 1 aliphatic carbocycles. The highest BCUT2D eigenvalue weighted by Crippen LogP contribution is 2.28. The predicted octanol–water partition coefficient (Wildman–Crippen LogP) is 2.96. The van der Waals surface area contributed by atoms with Gasteiger partial charge in [0.15, 0.2) is 0 Å². The van der Waals surface area contributed by atoms with E-state index in [1.165, 1.54) is 12.8 Å². The third-order valence-corrected chi connectivity index (χ3v) is 3.83. The maximum Gasteiger partial charge on any atom is 0.239 e. The van der Waals surface area contributed by atoms with Gasteiger partial charge in [0.2, 0.25) is 5.91 Å². The minimum atomic E-state index is 0.0827. The molecule has 0 atom stereocenters. The molecule has 2 aromatic rings. The van der Waals surface area contributed by atoms with Crippen molar-refractivity contribution in [3.05, 3.63) is 30.5 Å². The van der Waals surface area contributed by atoms with Crippen LogP contribution in [0.4, 0.5) is 0 Å². The van der Waals surface area contributed by atoms with Gasteiger partial charge >= 0.3 is 0 Å². The topological polar surface area (TPSA) is 43.3 Å². The zero-order valence-corrected chi connectivity index (χ0v) is 12.5. The number of rotatable bonds is 7. The quantitative estimate of drug-likeness (QED) is 0.850. The van der Waals surface area contributed by atoms with Gasteiger partial charge in [0.05, 0.1) is 12.1 Å². The van der Waals surface area contributed by atoms with Crippen LogP contribution < -0.4 is 10.1 Å². The number of benzene rings is 1. The summed E-state index contributed by atoms with van der Waals surface area (Å²) in [6.07, 6.45) is 5.45. The second-order valence-electron chi connectivity index (χ2n) is 5.73. The highest BCUT2D eigenvalue weighted by Gasteiger charge is 2.21. The van der Waals surface area contributed by atoms with Gasteiger partial charge in [-0.2, -0.15) is 0 Å². The van der Waals surface area contributed by atoms with Gasteiger partial charge in [0, 0.05) is 18.1 Å². The van der Waals surface area contributed by atoms with Crippen molar-refractivity contribution in [2.75, 3.05) is 13.2 Å². The Morgan fingerprint density at radius 1 is 1.38 bits per heavy atom. The third-order valence-electron chi connectivity index (χ3n) is 3.83. The molecule has 0 unspecified atom stereocenters. The molecule has 1 aliphatic rings. The maximum atomic E-state index is 12.0. The highest BCUT2D eigenvalue weighted by atomic mass is 16.5. The SMILES string of the molecule is CCCOc1cccc2c1ccn2CC(=O)NCC1CC1. The summed E-state index contributed by atoms with van der Waals surface area (Å²) in [6.45, 7) is 4.00. The number of carbonyl (C=O) groups is 1. The second kappa shape index (κ2) is 6.20. The molecule has 112 valence electrons. The molecule has 4 nitrogen and oxygen atoms in total. The summed E-state index contributed by atoms with van der Waals surface area (Å²) >= 11 is 0. The number of ether oxygens (including phenoxy) is 1. The van der Waals surface area contributed by atoms with Gasteiger partial charge in [-0.05, 0) is 43.4 Å². The van der Waals surface area contributed by atoms with Crippen LogP contribution in [0.2, 0.25) is 0 Å². The molecule has 3 rings (SSSR count). The number of carbonyl (C=O) groups excluding carboxylic acids is 1. The number of nitrogens with zero attached hydrogens (tertiary/aromatic N) is 1. The molecule has 1 aromatic heterocycles. The summed E-state index contributed by atoms with van der Waals surface area (Å²) in [5, 5.41) is 4.08. The fourth-order valence-electron chi connectivity index (χ4n) is 2.46. The van der Waals surface area contributed by atoms with Gasteiger partial charge in [-0.25, -0.2) is 0 Å². The Labute approximate surface area is 125 Å². The molecule has 1 heterocycles. The van der Waals surface area contributed by atoms with Crippen molar-refractivity contribution < 1.29 is 9.53 Å². The van der Waals surface area contributed by atoms with Crippen LogP contribution in [0.15, 0.2) is 30.5 Å². The van der Waals surface area contributed by atoms with Crippen LogP contribution in [0.1, 0.15) is 26.2 Å². The maximum absolute atomic E-state index is 12.0. The van der Waals surface area contributed by atoms with Crippen LogP contribution in [0.3, 0.4) is 0 Å². The fourth-order valence-corrected chi connectivity index (χ4v) is 2.46. The highest BCUT2D eigenvalue weighted by molar-refractivity contribution is 5.88. The van der Waals surface area contributed by atoms with Gasteiger partial charge in [-0.3, -0.25) is 4.79 Å². The number of amides is 1. The van der Waals surface area contributed by atoms with Crippen LogP contribution in [-0.4, -0.2) is 23.6 Å². The van der Waals surface area contributed by atoms with E-state index in [0.29, 0.717) is 19.1 Å². The van der Waals surface area contributed by atoms with Crippen molar-refractivity contribution in [3.8, 4) is 5.75 Å². The molecule has 4 heteroatoms. The summed E-state index contributed by atoms with van der Waals surface area (Å²) in [5.74, 6) is 1.69. The largest absolute Gasteiger partial charge is 0.493 e. The van der Waals surface area contributed by atoms with E-state index in [4.69, 9.17) is 4.74 Å². The Hall–Kier alpha value is -1.97. The van der Waals surface area contributed by atoms with Gasteiger partial charge in [0.25, 0.3) is 0 Å². The lowest BCUT2D eigenvalue weighted by Crippen LogP contribution is -2.29. The summed E-state index contributed by atoms with van der Waals surface area (Å²) in [7, 11) is 0. The Kier molecular flexibility index (Phi) is 4.13. The van der Waals surface area contributed by atoms with Crippen LogP contribution in [0.5, 0.6) is 5.75 Å². The fraction of sp³-hybridized carbons (Fsp3) is 0.471. The molecule has 0 radical (unpaired) electrons. The van der Waals surface area contributed by atoms with Gasteiger partial charge in [-0.15, -0.1) is 0 Å². The molecular weight excluding hydrogens is 264 g/mol. The van der Waals surface area contributed by atoms with E-state index in [9.17, 15) is 4.79 Å². The van der Waals surface area contributed by atoms with E-state index in [1.54, 1.807) is 0 Å². The number of hydrogen-bond acceptors (Lipinski definition) is 2. The molecule has 1 aromatic carbocycles. The molecule has 0 aliphatic heterocycles. The lowest BCUT2D eigenvalue weighted by Gasteiger charge is -2.09. The van der Waals surface area contributed by atoms with Crippen LogP contribution >= 0.6 is 0 Å². The molecule has 0 saturated heterocycles. The first-order valence-electron chi connectivity index (χ1n) is 7.75. The monoisotopic (exact) mass is 286 g/mol. The first kappa shape index (κ1) is 14.0. The van der Waals surface area contributed by atoms with Crippen LogP contribution in [-0.2, 0) is 11.3 Å². The van der Waals surface area contributed by atoms with E-state index in [0.717, 1.165) is 29.6 Å². The average Bonchev–Trinajstić information content (AvgIpc) is 3.24. The van der Waals surface area contributed by atoms with Crippen LogP contribution in [0.25, 0.3) is 10.9 Å². The lowest BCUT2D eigenvalue weighted by atomic mass is 10.2. The number of aromatic nitrogens is 1. The molecule has 1 fully saturated rings. The summed E-state index contributed by atoms with van der Waals surface area (Å²) < 4.78 is 7.74. The Balaban J connectivity index is 1.71. The zero-order valence-electron chi connectivity index (χ0n) is 12.5. The summed E-state index contributed by atoms with van der Waals surface area (Å²) in [4.78, 5) is 12.0. The Bertz CT molecular complexity index is 629. The molecule has 0 spiro atoms. The molecule has 0 bridgehead atoms. The van der Waals surface area contributed by atoms with Crippen molar-refractivity contribution >= 4 is 16.8 Å². The van der Waals surface area contributed by atoms with E-state index < -0.39 is 0 Å². The summed E-state index contributed by atoms with van der Waals surface area (Å²) in [6, 6.07) is 8.01. The average molecular weight is 286 g/mol. The van der Waals surface area contributed by atoms with Crippen molar-refractivity contribution in [3.63, 3.8) is 0 Å².